The summed E-state index contributed by atoms with van der Waals surface area (Å²) in [5.74, 6) is 0.404. The quantitative estimate of drug-likeness (QED) is 0.776. The van der Waals surface area contributed by atoms with Crippen LogP contribution in [0.15, 0.2) is 42.6 Å². The maximum absolute atomic E-state index is 13.1. The molecule has 0 amide bonds. The van der Waals surface area contributed by atoms with Gasteiger partial charge in [0.05, 0.1) is 6.20 Å². The van der Waals surface area contributed by atoms with Crippen LogP contribution in [0.5, 0.6) is 0 Å². The topological polar surface area (TPSA) is 82.5 Å². The zero-order valence-corrected chi connectivity index (χ0v) is 10.4. The number of rotatable bonds is 3. The molecule has 0 fully saturated rings. The number of hydrogen-bond donors (Lipinski definition) is 1. The molecule has 3 rings (SSSR count). The van der Waals surface area contributed by atoms with Crippen molar-refractivity contribution in [3.63, 3.8) is 0 Å². The molecule has 3 aromatic rings. The van der Waals surface area contributed by atoms with E-state index in [-0.39, 0.29) is 6.54 Å². The Morgan fingerprint density at radius 2 is 2.00 bits per heavy atom. The highest BCUT2D eigenvalue weighted by Crippen LogP contribution is 2.15. The van der Waals surface area contributed by atoms with Crippen LogP contribution < -0.4 is 5.73 Å². The third-order valence-electron chi connectivity index (χ3n) is 2.76. The molecule has 0 radical (unpaired) electrons. The van der Waals surface area contributed by atoms with E-state index in [1.54, 1.807) is 0 Å². The SMILES string of the molecule is NCc1cc(F)cnc1-n1nnc(-c2ccccc2)n1. The highest BCUT2D eigenvalue weighted by Gasteiger charge is 2.12. The van der Waals surface area contributed by atoms with Gasteiger partial charge in [0.15, 0.2) is 5.82 Å². The van der Waals surface area contributed by atoms with Gasteiger partial charge in [0.2, 0.25) is 5.82 Å². The summed E-state index contributed by atoms with van der Waals surface area (Å²) in [7, 11) is 0. The summed E-state index contributed by atoms with van der Waals surface area (Å²) in [6, 6.07) is 10.7. The van der Waals surface area contributed by atoms with Crippen LogP contribution in [-0.4, -0.2) is 25.2 Å². The van der Waals surface area contributed by atoms with E-state index in [0.29, 0.717) is 17.2 Å². The molecule has 100 valence electrons. The first-order chi connectivity index (χ1) is 9.78. The number of tetrazole rings is 1. The Balaban J connectivity index is 2.02. The summed E-state index contributed by atoms with van der Waals surface area (Å²) in [6.45, 7) is 0.141. The van der Waals surface area contributed by atoms with Crippen molar-refractivity contribution in [2.45, 2.75) is 6.54 Å². The van der Waals surface area contributed by atoms with Gasteiger partial charge in [-0.15, -0.1) is 15.0 Å². The van der Waals surface area contributed by atoms with E-state index >= 15 is 0 Å². The molecule has 2 aromatic heterocycles. The fourth-order valence-corrected chi connectivity index (χ4v) is 1.81. The number of nitrogens with zero attached hydrogens (tertiary/aromatic N) is 5. The van der Waals surface area contributed by atoms with Crippen LogP contribution in [0.3, 0.4) is 0 Å². The van der Waals surface area contributed by atoms with Gasteiger partial charge in [-0.2, -0.15) is 0 Å². The first-order valence-corrected chi connectivity index (χ1v) is 5.98. The lowest BCUT2D eigenvalue weighted by atomic mass is 10.2. The number of aromatic nitrogens is 5. The predicted molar refractivity (Wildman–Crippen MR) is 70.2 cm³/mol. The van der Waals surface area contributed by atoms with E-state index in [0.717, 1.165) is 11.8 Å². The molecular weight excluding hydrogens is 259 g/mol. The van der Waals surface area contributed by atoms with Gasteiger partial charge in [-0.25, -0.2) is 9.37 Å². The van der Waals surface area contributed by atoms with Crippen molar-refractivity contribution >= 4 is 0 Å². The molecule has 0 aliphatic heterocycles. The minimum Gasteiger partial charge on any atom is -0.326 e. The molecular formula is C13H11FN6. The average molecular weight is 270 g/mol. The second-order valence-electron chi connectivity index (χ2n) is 4.11. The molecule has 0 saturated heterocycles. The Hall–Kier alpha value is -2.67. The van der Waals surface area contributed by atoms with Crippen LogP contribution in [0.2, 0.25) is 0 Å². The van der Waals surface area contributed by atoms with Crippen LogP contribution in [0.25, 0.3) is 17.2 Å². The summed E-state index contributed by atoms with van der Waals surface area (Å²) in [5.41, 5.74) is 6.94. The molecule has 6 nitrogen and oxygen atoms in total. The van der Waals surface area contributed by atoms with Gasteiger partial charge in [0.1, 0.15) is 5.82 Å². The van der Waals surface area contributed by atoms with Gasteiger partial charge in [-0.1, -0.05) is 30.3 Å². The molecule has 0 bridgehead atoms. The van der Waals surface area contributed by atoms with Crippen molar-refractivity contribution in [3.05, 3.63) is 54.0 Å². The fourth-order valence-electron chi connectivity index (χ4n) is 1.81. The maximum atomic E-state index is 13.1. The van der Waals surface area contributed by atoms with Gasteiger partial charge in [-0.3, -0.25) is 0 Å². The second kappa shape index (κ2) is 5.14. The normalized spacial score (nSPS) is 10.7. The van der Waals surface area contributed by atoms with Gasteiger partial charge in [0, 0.05) is 17.7 Å². The van der Waals surface area contributed by atoms with E-state index in [9.17, 15) is 4.39 Å². The molecule has 0 spiro atoms. The van der Waals surface area contributed by atoms with Crippen molar-refractivity contribution in [3.8, 4) is 17.2 Å². The molecule has 1 aromatic carbocycles. The lowest BCUT2D eigenvalue weighted by Gasteiger charge is -2.03. The Bertz CT molecular complexity index is 725. The molecule has 0 aliphatic rings. The van der Waals surface area contributed by atoms with Crippen LogP contribution in [0.4, 0.5) is 4.39 Å². The highest BCUT2D eigenvalue weighted by atomic mass is 19.1. The van der Waals surface area contributed by atoms with E-state index < -0.39 is 5.82 Å². The molecule has 0 atom stereocenters. The minimum atomic E-state index is -0.447. The van der Waals surface area contributed by atoms with Gasteiger partial charge < -0.3 is 5.73 Å². The molecule has 0 unspecified atom stereocenters. The first-order valence-electron chi connectivity index (χ1n) is 5.98. The number of pyridine rings is 1. The van der Waals surface area contributed by atoms with E-state index in [4.69, 9.17) is 5.73 Å². The monoisotopic (exact) mass is 270 g/mol. The van der Waals surface area contributed by atoms with Crippen LogP contribution in [0, 0.1) is 5.82 Å². The lowest BCUT2D eigenvalue weighted by molar-refractivity contribution is 0.609. The molecule has 2 heterocycles. The Morgan fingerprint density at radius 3 is 2.75 bits per heavy atom. The van der Waals surface area contributed by atoms with Crippen molar-refractivity contribution < 1.29 is 4.39 Å². The van der Waals surface area contributed by atoms with Gasteiger partial charge in [-0.05, 0) is 11.3 Å². The molecule has 20 heavy (non-hydrogen) atoms. The smallest absolute Gasteiger partial charge is 0.205 e. The third-order valence-corrected chi connectivity index (χ3v) is 2.76. The van der Waals surface area contributed by atoms with Crippen LogP contribution >= 0.6 is 0 Å². The first kappa shape index (κ1) is 12.4. The summed E-state index contributed by atoms with van der Waals surface area (Å²) >= 11 is 0. The Labute approximate surface area is 114 Å². The summed E-state index contributed by atoms with van der Waals surface area (Å²) < 4.78 is 13.1. The molecule has 2 N–H and O–H groups in total. The largest absolute Gasteiger partial charge is 0.326 e. The number of benzene rings is 1. The van der Waals surface area contributed by atoms with Gasteiger partial charge >= 0.3 is 0 Å². The predicted octanol–water partition coefficient (Wildman–Crippen LogP) is 1.32. The van der Waals surface area contributed by atoms with E-state index in [1.807, 2.05) is 30.3 Å². The Morgan fingerprint density at radius 1 is 1.20 bits per heavy atom. The average Bonchev–Trinajstić information content (AvgIpc) is 2.97. The zero-order valence-electron chi connectivity index (χ0n) is 10.4. The summed E-state index contributed by atoms with van der Waals surface area (Å²) in [4.78, 5) is 5.22. The van der Waals surface area contributed by atoms with Crippen molar-refractivity contribution in [1.29, 1.82) is 0 Å². The number of nitrogens with two attached hydrogens (primary N) is 1. The lowest BCUT2D eigenvalue weighted by Crippen LogP contribution is -2.10. The molecule has 7 heteroatoms. The summed E-state index contributed by atoms with van der Waals surface area (Å²) in [6.07, 6.45) is 1.10. The zero-order chi connectivity index (χ0) is 13.9. The second-order valence-corrected chi connectivity index (χ2v) is 4.11. The fraction of sp³-hybridized carbons (Fsp3) is 0.0769. The summed E-state index contributed by atoms with van der Waals surface area (Å²) in [5, 5.41) is 12.1. The molecule has 0 aliphatic carbocycles. The Kier molecular flexibility index (Phi) is 3.18. The van der Waals surface area contributed by atoms with E-state index in [2.05, 4.69) is 20.4 Å². The van der Waals surface area contributed by atoms with Crippen molar-refractivity contribution in [2.75, 3.05) is 0 Å². The molecule has 0 saturated carbocycles. The van der Waals surface area contributed by atoms with Crippen molar-refractivity contribution in [1.82, 2.24) is 25.2 Å². The standard InChI is InChI=1S/C13H11FN6/c14-11-6-10(7-15)13(16-8-11)20-18-12(17-19-20)9-4-2-1-3-5-9/h1-6,8H,7,15H2. The maximum Gasteiger partial charge on any atom is 0.205 e. The third kappa shape index (κ3) is 2.26. The van der Waals surface area contributed by atoms with Crippen LogP contribution in [0.1, 0.15) is 5.56 Å². The number of halogens is 1. The highest BCUT2D eigenvalue weighted by molar-refractivity contribution is 5.53. The van der Waals surface area contributed by atoms with Crippen LogP contribution in [-0.2, 0) is 6.54 Å². The van der Waals surface area contributed by atoms with Crippen molar-refractivity contribution in [2.24, 2.45) is 5.73 Å². The number of hydrogen-bond acceptors (Lipinski definition) is 5. The minimum absolute atomic E-state index is 0.141. The van der Waals surface area contributed by atoms with Gasteiger partial charge in [0.25, 0.3) is 0 Å². The van der Waals surface area contributed by atoms with E-state index in [1.165, 1.54) is 10.9 Å².